The van der Waals surface area contributed by atoms with Crippen molar-refractivity contribution in [1.29, 1.82) is 0 Å². The Hall–Kier alpha value is -0.540. The van der Waals surface area contributed by atoms with Crippen LogP contribution in [0, 0.1) is 11.8 Å². The molecule has 3 heteroatoms. The largest absolute Gasteiger partial charge is 0.497 e. The highest BCUT2D eigenvalue weighted by molar-refractivity contribution is 9.10. The van der Waals surface area contributed by atoms with Crippen LogP contribution in [0.25, 0.3) is 0 Å². The smallest absolute Gasteiger partial charge is 0.119 e. The van der Waals surface area contributed by atoms with Gasteiger partial charge in [-0.05, 0) is 48.4 Å². The molecule has 1 aromatic rings. The number of nitrogens with two attached hydrogens (primary N) is 1. The molecule has 2 nitrogen and oxygen atoms in total. The van der Waals surface area contributed by atoms with E-state index in [1.165, 1.54) is 18.4 Å². The summed E-state index contributed by atoms with van der Waals surface area (Å²) in [6.07, 6.45) is 4.57. The molecule has 0 bridgehead atoms. The minimum absolute atomic E-state index is 0.0907. The van der Waals surface area contributed by atoms with E-state index in [1.54, 1.807) is 7.11 Å². The highest BCUT2D eigenvalue weighted by atomic mass is 79.9. The summed E-state index contributed by atoms with van der Waals surface area (Å²) in [5.74, 6) is 2.17. The van der Waals surface area contributed by atoms with Gasteiger partial charge in [0.1, 0.15) is 5.75 Å². The van der Waals surface area contributed by atoms with Crippen LogP contribution in [0.15, 0.2) is 22.7 Å². The number of halogens is 1. The molecule has 1 fully saturated rings. The molecule has 0 heterocycles. The molecule has 1 saturated carbocycles. The minimum atomic E-state index is -0.0907. The van der Waals surface area contributed by atoms with Crippen molar-refractivity contribution in [3.63, 3.8) is 0 Å². The van der Waals surface area contributed by atoms with Gasteiger partial charge in [-0.1, -0.05) is 42.6 Å². The van der Waals surface area contributed by atoms with Crippen LogP contribution in [0.3, 0.4) is 0 Å². The van der Waals surface area contributed by atoms with Crippen molar-refractivity contribution < 1.29 is 4.74 Å². The summed E-state index contributed by atoms with van der Waals surface area (Å²) in [5.41, 5.74) is 7.89. The van der Waals surface area contributed by atoms with E-state index in [4.69, 9.17) is 10.5 Å². The molecule has 0 radical (unpaired) electrons. The maximum Gasteiger partial charge on any atom is 0.119 e. The van der Waals surface area contributed by atoms with E-state index in [0.717, 1.165) is 23.1 Å². The zero-order chi connectivity index (χ0) is 14.0. The summed E-state index contributed by atoms with van der Waals surface area (Å²) in [6.45, 7) is 4.63. The van der Waals surface area contributed by atoms with Gasteiger partial charge in [-0.3, -0.25) is 0 Å². The maximum absolute atomic E-state index is 6.72. The van der Waals surface area contributed by atoms with E-state index in [-0.39, 0.29) is 5.54 Å². The van der Waals surface area contributed by atoms with Gasteiger partial charge in [0.05, 0.1) is 7.11 Å². The lowest BCUT2D eigenvalue weighted by atomic mass is 9.66. The molecule has 0 aromatic heterocycles. The van der Waals surface area contributed by atoms with Crippen molar-refractivity contribution in [3.05, 3.63) is 28.2 Å². The molecule has 2 N–H and O–H groups in total. The first-order valence-electron chi connectivity index (χ1n) is 7.07. The quantitative estimate of drug-likeness (QED) is 0.905. The van der Waals surface area contributed by atoms with Crippen molar-refractivity contribution in [2.45, 2.75) is 45.1 Å². The SMILES string of the molecule is COc1ccc(Br)c(CC2(N)CCCC(C)C2C)c1. The summed E-state index contributed by atoms with van der Waals surface area (Å²) >= 11 is 3.63. The molecular weight excluding hydrogens is 302 g/mol. The van der Waals surface area contributed by atoms with Crippen LogP contribution in [-0.2, 0) is 6.42 Å². The normalized spacial score (nSPS) is 31.2. The van der Waals surface area contributed by atoms with E-state index in [0.29, 0.717) is 11.8 Å². The standard InChI is InChI=1S/C16H24BrNO/c1-11-5-4-8-16(18,12(11)2)10-13-9-14(19-3)6-7-15(13)17/h6-7,9,11-12H,4-5,8,10,18H2,1-3H3. The van der Waals surface area contributed by atoms with Crippen LogP contribution in [0.5, 0.6) is 5.75 Å². The predicted octanol–water partition coefficient (Wildman–Crippen LogP) is 4.15. The van der Waals surface area contributed by atoms with Crippen molar-refractivity contribution in [1.82, 2.24) is 0 Å². The molecule has 1 aliphatic carbocycles. The van der Waals surface area contributed by atoms with Crippen LogP contribution in [0.1, 0.15) is 38.7 Å². The van der Waals surface area contributed by atoms with E-state index in [2.05, 4.69) is 41.9 Å². The maximum atomic E-state index is 6.72. The Kier molecular flexibility index (Phi) is 4.57. The molecule has 19 heavy (non-hydrogen) atoms. The average Bonchev–Trinajstić information content (AvgIpc) is 2.39. The van der Waals surface area contributed by atoms with Crippen LogP contribution in [-0.4, -0.2) is 12.6 Å². The number of methoxy groups -OCH3 is 1. The summed E-state index contributed by atoms with van der Waals surface area (Å²) in [5, 5.41) is 0. The summed E-state index contributed by atoms with van der Waals surface area (Å²) < 4.78 is 6.45. The molecule has 3 unspecified atom stereocenters. The van der Waals surface area contributed by atoms with Crippen LogP contribution >= 0.6 is 15.9 Å². The fraction of sp³-hybridized carbons (Fsp3) is 0.625. The predicted molar refractivity (Wildman–Crippen MR) is 83.5 cm³/mol. The summed E-state index contributed by atoms with van der Waals surface area (Å²) in [7, 11) is 1.70. The molecule has 3 atom stereocenters. The van der Waals surface area contributed by atoms with E-state index < -0.39 is 0 Å². The van der Waals surface area contributed by atoms with Crippen molar-refractivity contribution >= 4 is 15.9 Å². The number of hydrogen-bond donors (Lipinski definition) is 1. The summed E-state index contributed by atoms with van der Waals surface area (Å²) in [4.78, 5) is 0. The van der Waals surface area contributed by atoms with Crippen LogP contribution in [0.2, 0.25) is 0 Å². The third-order valence-corrected chi connectivity index (χ3v) is 5.61. The third kappa shape index (κ3) is 3.14. The second-order valence-electron chi connectivity index (χ2n) is 6.03. The van der Waals surface area contributed by atoms with Gasteiger partial charge in [0.15, 0.2) is 0 Å². The Morgan fingerprint density at radius 2 is 2.16 bits per heavy atom. The van der Waals surface area contributed by atoms with Crippen molar-refractivity contribution in [2.24, 2.45) is 17.6 Å². The van der Waals surface area contributed by atoms with Gasteiger partial charge in [-0.25, -0.2) is 0 Å². The average molecular weight is 326 g/mol. The number of benzene rings is 1. The third-order valence-electron chi connectivity index (χ3n) is 4.83. The van der Waals surface area contributed by atoms with Gasteiger partial charge in [0.25, 0.3) is 0 Å². The van der Waals surface area contributed by atoms with Gasteiger partial charge in [0.2, 0.25) is 0 Å². The lowest BCUT2D eigenvalue weighted by Crippen LogP contribution is -2.52. The lowest BCUT2D eigenvalue weighted by Gasteiger charge is -2.43. The first-order chi connectivity index (χ1) is 8.96. The van der Waals surface area contributed by atoms with Gasteiger partial charge in [0, 0.05) is 10.0 Å². The monoisotopic (exact) mass is 325 g/mol. The first-order valence-corrected chi connectivity index (χ1v) is 7.87. The van der Waals surface area contributed by atoms with Gasteiger partial charge in [-0.15, -0.1) is 0 Å². The molecule has 1 aromatic carbocycles. The molecular formula is C16H24BrNO. The fourth-order valence-corrected chi connectivity index (χ4v) is 3.60. The second-order valence-corrected chi connectivity index (χ2v) is 6.88. The van der Waals surface area contributed by atoms with E-state index in [1.807, 2.05) is 6.07 Å². The molecule has 1 aliphatic rings. The number of hydrogen-bond acceptors (Lipinski definition) is 2. The lowest BCUT2D eigenvalue weighted by molar-refractivity contribution is 0.143. The topological polar surface area (TPSA) is 35.2 Å². The fourth-order valence-electron chi connectivity index (χ4n) is 3.21. The molecule has 2 rings (SSSR count). The van der Waals surface area contributed by atoms with Gasteiger partial charge in [-0.2, -0.15) is 0 Å². The van der Waals surface area contributed by atoms with Crippen LogP contribution < -0.4 is 10.5 Å². The molecule has 106 valence electrons. The highest BCUT2D eigenvalue weighted by Gasteiger charge is 2.38. The Morgan fingerprint density at radius 3 is 2.84 bits per heavy atom. The minimum Gasteiger partial charge on any atom is -0.497 e. The second kappa shape index (κ2) is 5.84. The molecule has 0 saturated heterocycles. The zero-order valence-corrected chi connectivity index (χ0v) is 13.7. The van der Waals surface area contributed by atoms with Crippen molar-refractivity contribution in [2.75, 3.05) is 7.11 Å². The Balaban J connectivity index is 2.24. The Labute approximate surface area is 124 Å². The molecule has 0 amide bonds. The number of ether oxygens (including phenoxy) is 1. The summed E-state index contributed by atoms with van der Waals surface area (Å²) in [6, 6.07) is 6.13. The molecule has 0 aliphatic heterocycles. The van der Waals surface area contributed by atoms with Crippen molar-refractivity contribution in [3.8, 4) is 5.75 Å². The number of rotatable bonds is 3. The first kappa shape index (κ1) is 14.9. The highest BCUT2D eigenvalue weighted by Crippen LogP contribution is 2.39. The van der Waals surface area contributed by atoms with E-state index in [9.17, 15) is 0 Å². The Bertz CT molecular complexity index is 448. The van der Waals surface area contributed by atoms with E-state index >= 15 is 0 Å². The zero-order valence-electron chi connectivity index (χ0n) is 12.1. The Morgan fingerprint density at radius 1 is 1.42 bits per heavy atom. The molecule has 0 spiro atoms. The van der Waals surface area contributed by atoms with Gasteiger partial charge >= 0.3 is 0 Å². The van der Waals surface area contributed by atoms with Crippen LogP contribution in [0.4, 0.5) is 0 Å². The van der Waals surface area contributed by atoms with Gasteiger partial charge < -0.3 is 10.5 Å².